The van der Waals surface area contributed by atoms with Crippen LogP contribution in [-0.4, -0.2) is 54.1 Å². The van der Waals surface area contributed by atoms with Crippen LogP contribution in [0.4, 0.5) is 0 Å². The molecule has 1 fully saturated rings. The second kappa shape index (κ2) is 8.18. The van der Waals surface area contributed by atoms with E-state index in [1.54, 1.807) is 11.3 Å². The number of carbonyl (C=O) groups is 1. The van der Waals surface area contributed by atoms with Crippen molar-refractivity contribution in [2.24, 2.45) is 0 Å². The minimum Gasteiger partial charge on any atom is -0.395 e. The largest absolute Gasteiger partial charge is 0.395 e. The van der Waals surface area contributed by atoms with Gasteiger partial charge >= 0.3 is 0 Å². The Morgan fingerprint density at radius 3 is 2.95 bits per heavy atom. The maximum absolute atomic E-state index is 12.1. The molecule has 1 aliphatic rings. The van der Waals surface area contributed by atoms with Crippen molar-refractivity contribution < 1.29 is 9.90 Å². The average Bonchev–Trinajstić information content (AvgIpc) is 3.11. The Morgan fingerprint density at radius 2 is 2.24 bits per heavy atom. The smallest absolute Gasteiger partial charge is 0.236 e. The third kappa shape index (κ3) is 4.85. The standard InChI is InChI=1S/C16H22N2O2S/c1-17(13-16(20)18-8-3-4-9-18)12-15-14(7-11-21-15)6-2-5-10-19/h7,11,19H,3-5,8-10,12-13H2,1H3. The van der Waals surface area contributed by atoms with Gasteiger partial charge in [-0.2, -0.15) is 0 Å². The van der Waals surface area contributed by atoms with Crippen molar-refractivity contribution in [3.05, 3.63) is 21.9 Å². The Bertz CT molecular complexity index is 524. The van der Waals surface area contributed by atoms with E-state index >= 15 is 0 Å². The predicted molar refractivity (Wildman–Crippen MR) is 85.0 cm³/mol. The zero-order chi connectivity index (χ0) is 15.1. The molecule has 0 radical (unpaired) electrons. The summed E-state index contributed by atoms with van der Waals surface area (Å²) < 4.78 is 0. The van der Waals surface area contributed by atoms with Crippen molar-refractivity contribution >= 4 is 17.2 Å². The van der Waals surface area contributed by atoms with Crippen molar-refractivity contribution in [3.63, 3.8) is 0 Å². The number of nitrogens with zero attached hydrogens (tertiary/aromatic N) is 2. The van der Waals surface area contributed by atoms with Crippen LogP contribution in [0, 0.1) is 11.8 Å². The van der Waals surface area contributed by atoms with Crippen molar-refractivity contribution in [2.75, 3.05) is 33.3 Å². The van der Waals surface area contributed by atoms with E-state index in [2.05, 4.69) is 11.8 Å². The second-order valence-corrected chi connectivity index (χ2v) is 6.29. The fraction of sp³-hybridized carbons (Fsp3) is 0.562. The molecule has 5 heteroatoms. The minimum atomic E-state index is 0.0940. The van der Waals surface area contributed by atoms with E-state index in [0.717, 1.165) is 38.0 Å². The van der Waals surface area contributed by atoms with Gasteiger partial charge < -0.3 is 10.0 Å². The number of likely N-dealkylation sites (tertiary alicyclic amines) is 1. The summed E-state index contributed by atoms with van der Waals surface area (Å²) in [6.07, 6.45) is 2.76. The number of hydrogen-bond donors (Lipinski definition) is 1. The van der Waals surface area contributed by atoms with Crippen LogP contribution in [0.1, 0.15) is 29.7 Å². The molecule has 0 bridgehead atoms. The molecule has 0 spiro atoms. The fourth-order valence-electron chi connectivity index (χ4n) is 2.39. The van der Waals surface area contributed by atoms with Gasteiger partial charge in [0.05, 0.1) is 13.2 Å². The van der Waals surface area contributed by atoms with Gasteiger partial charge in [0.2, 0.25) is 5.91 Å². The van der Waals surface area contributed by atoms with Gasteiger partial charge in [0.25, 0.3) is 0 Å². The zero-order valence-corrected chi connectivity index (χ0v) is 13.3. The second-order valence-electron chi connectivity index (χ2n) is 5.29. The van der Waals surface area contributed by atoms with Crippen LogP contribution < -0.4 is 0 Å². The zero-order valence-electron chi connectivity index (χ0n) is 12.5. The summed E-state index contributed by atoms with van der Waals surface area (Å²) in [6.45, 7) is 3.10. The predicted octanol–water partition coefficient (Wildman–Crippen LogP) is 1.54. The highest BCUT2D eigenvalue weighted by molar-refractivity contribution is 7.10. The lowest BCUT2D eigenvalue weighted by Gasteiger charge is -2.20. The number of carbonyl (C=O) groups excluding carboxylic acids is 1. The van der Waals surface area contributed by atoms with Crippen LogP contribution in [0.15, 0.2) is 11.4 Å². The van der Waals surface area contributed by atoms with E-state index in [1.807, 2.05) is 28.3 Å². The number of amides is 1. The van der Waals surface area contributed by atoms with E-state index in [-0.39, 0.29) is 12.5 Å². The summed E-state index contributed by atoms with van der Waals surface area (Å²) in [7, 11) is 1.97. The van der Waals surface area contributed by atoms with Crippen LogP contribution >= 0.6 is 11.3 Å². The first-order chi connectivity index (χ1) is 10.2. The molecule has 4 nitrogen and oxygen atoms in total. The van der Waals surface area contributed by atoms with Gasteiger partial charge in [-0.1, -0.05) is 11.8 Å². The van der Waals surface area contributed by atoms with Gasteiger partial charge in [-0.3, -0.25) is 9.69 Å². The molecule has 0 atom stereocenters. The molecule has 114 valence electrons. The van der Waals surface area contributed by atoms with Crippen LogP contribution in [0.2, 0.25) is 0 Å². The first-order valence-electron chi connectivity index (χ1n) is 7.33. The first-order valence-corrected chi connectivity index (χ1v) is 8.21. The van der Waals surface area contributed by atoms with Crippen LogP contribution in [0.5, 0.6) is 0 Å². The quantitative estimate of drug-likeness (QED) is 0.839. The number of aliphatic hydroxyl groups excluding tert-OH is 1. The Kier molecular flexibility index (Phi) is 6.24. The fourth-order valence-corrected chi connectivity index (χ4v) is 3.30. The summed E-state index contributed by atoms with van der Waals surface area (Å²) >= 11 is 1.66. The van der Waals surface area contributed by atoms with E-state index in [0.29, 0.717) is 13.0 Å². The molecule has 0 aliphatic carbocycles. The highest BCUT2D eigenvalue weighted by Gasteiger charge is 2.19. The number of aliphatic hydroxyl groups is 1. The molecule has 2 heterocycles. The van der Waals surface area contributed by atoms with E-state index in [1.165, 1.54) is 4.88 Å². The summed E-state index contributed by atoms with van der Waals surface area (Å²) in [6, 6.07) is 2.00. The van der Waals surface area contributed by atoms with Gasteiger partial charge in [-0.15, -0.1) is 11.3 Å². The summed E-state index contributed by atoms with van der Waals surface area (Å²) in [5.41, 5.74) is 1.01. The molecule has 1 N–H and O–H groups in total. The molecule has 0 unspecified atom stereocenters. The Morgan fingerprint density at radius 1 is 1.48 bits per heavy atom. The van der Waals surface area contributed by atoms with Crippen molar-refractivity contribution in [2.45, 2.75) is 25.8 Å². The SMILES string of the molecule is CN(CC(=O)N1CCCC1)Cc1sccc1C#CCCO. The number of hydrogen-bond acceptors (Lipinski definition) is 4. The lowest BCUT2D eigenvalue weighted by molar-refractivity contribution is -0.131. The van der Waals surface area contributed by atoms with E-state index in [4.69, 9.17) is 5.11 Å². The topological polar surface area (TPSA) is 43.8 Å². The lowest BCUT2D eigenvalue weighted by Crippen LogP contribution is -2.36. The monoisotopic (exact) mass is 306 g/mol. The third-order valence-electron chi connectivity index (χ3n) is 3.48. The first kappa shape index (κ1) is 16.0. The molecule has 2 rings (SSSR count). The molecule has 1 aromatic heterocycles. The van der Waals surface area contributed by atoms with Crippen molar-refractivity contribution in [3.8, 4) is 11.8 Å². The summed E-state index contributed by atoms with van der Waals surface area (Å²) in [5.74, 6) is 6.26. The molecule has 0 aromatic carbocycles. The van der Waals surface area contributed by atoms with Crippen LogP contribution in [0.3, 0.4) is 0 Å². The maximum Gasteiger partial charge on any atom is 0.236 e. The van der Waals surface area contributed by atoms with Crippen molar-refractivity contribution in [1.29, 1.82) is 0 Å². The van der Waals surface area contributed by atoms with E-state index < -0.39 is 0 Å². The molecule has 1 amide bonds. The molecule has 1 aliphatic heterocycles. The van der Waals surface area contributed by atoms with E-state index in [9.17, 15) is 4.79 Å². The average molecular weight is 306 g/mol. The number of likely N-dealkylation sites (N-methyl/N-ethyl adjacent to an activating group) is 1. The molecular weight excluding hydrogens is 284 g/mol. The molecule has 1 aromatic rings. The highest BCUT2D eigenvalue weighted by atomic mass is 32.1. The summed E-state index contributed by atoms with van der Waals surface area (Å²) in [5, 5.41) is 10.8. The molecule has 0 saturated carbocycles. The molecule has 1 saturated heterocycles. The van der Waals surface area contributed by atoms with Gasteiger partial charge in [-0.25, -0.2) is 0 Å². The van der Waals surface area contributed by atoms with Crippen LogP contribution in [-0.2, 0) is 11.3 Å². The van der Waals surface area contributed by atoms with Gasteiger partial charge in [-0.05, 0) is 31.3 Å². The van der Waals surface area contributed by atoms with Gasteiger partial charge in [0.1, 0.15) is 0 Å². The third-order valence-corrected chi connectivity index (χ3v) is 4.39. The minimum absolute atomic E-state index is 0.0940. The van der Waals surface area contributed by atoms with Gasteiger partial charge in [0.15, 0.2) is 0 Å². The Balaban J connectivity index is 1.88. The lowest BCUT2D eigenvalue weighted by atomic mass is 10.2. The highest BCUT2D eigenvalue weighted by Crippen LogP contribution is 2.18. The summed E-state index contributed by atoms with van der Waals surface area (Å²) in [4.78, 5) is 17.3. The molecular formula is C16H22N2O2S. The maximum atomic E-state index is 12.1. The van der Waals surface area contributed by atoms with Crippen molar-refractivity contribution in [1.82, 2.24) is 9.80 Å². The molecule has 21 heavy (non-hydrogen) atoms. The number of thiophene rings is 1. The normalized spacial score (nSPS) is 14.3. The Labute approximate surface area is 130 Å². The van der Waals surface area contributed by atoms with Crippen LogP contribution in [0.25, 0.3) is 0 Å². The Hall–Kier alpha value is -1.35. The van der Waals surface area contributed by atoms with Gasteiger partial charge in [0, 0.05) is 36.5 Å². The number of rotatable bonds is 5.